The molecule has 1 fully saturated rings. The maximum Gasteiger partial charge on any atom is 0.254 e. The number of carbonyl (C=O) groups is 1. The predicted octanol–water partition coefficient (Wildman–Crippen LogP) is 2.07. The third-order valence-corrected chi connectivity index (χ3v) is 4.88. The van der Waals surface area contributed by atoms with Crippen LogP contribution in [0.4, 0.5) is 0 Å². The summed E-state index contributed by atoms with van der Waals surface area (Å²) >= 11 is 0. The van der Waals surface area contributed by atoms with Crippen molar-refractivity contribution >= 4 is 16.8 Å². The predicted molar refractivity (Wildman–Crippen MR) is 93.1 cm³/mol. The van der Waals surface area contributed by atoms with Crippen molar-refractivity contribution in [2.24, 2.45) is 0 Å². The molecule has 7 nitrogen and oxygen atoms in total. The zero-order valence-corrected chi connectivity index (χ0v) is 14.3. The fraction of sp³-hybridized carbons (Fsp3) is 0.389. The number of aliphatic hydroxyl groups is 1. The van der Waals surface area contributed by atoms with E-state index < -0.39 is 5.60 Å². The van der Waals surface area contributed by atoms with Gasteiger partial charge in [0.15, 0.2) is 0 Å². The molecule has 3 aromatic rings. The quantitative estimate of drug-likeness (QED) is 0.765. The van der Waals surface area contributed by atoms with E-state index in [9.17, 15) is 9.90 Å². The van der Waals surface area contributed by atoms with Gasteiger partial charge in [-0.25, -0.2) is 4.68 Å². The molecule has 1 atom stereocenters. The minimum absolute atomic E-state index is 0.0719. The van der Waals surface area contributed by atoms with Crippen LogP contribution in [-0.2, 0) is 5.60 Å². The number of aromatic nitrogens is 4. The van der Waals surface area contributed by atoms with Crippen molar-refractivity contribution in [3.63, 3.8) is 0 Å². The van der Waals surface area contributed by atoms with Crippen LogP contribution < -0.4 is 0 Å². The van der Waals surface area contributed by atoms with Crippen LogP contribution in [0.15, 0.2) is 36.7 Å². The average molecular weight is 339 g/mol. The van der Waals surface area contributed by atoms with E-state index in [4.69, 9.17) is 0 Å². The molecule has 1 aliphatic heterocycles. The summed E-state index contributed by atoms with van der Waals surface area (Å²) < 4.78 is 1.72. The molecule has 0 bridgehead atoms. The first-order valence-corrected chi connectivity index (χ1v) is 8.48. The van der Waals surface area contributed by atoms with Gasteiger partial charge in [0, 0.05) is 41.7 Å². The molecular weight excluding hydrogens is 318 g/mol. The molecule has 1 saturated heterocycles. The standard InChI is InChI=1S/C18H21N5O2/c1-12(2)23-10-16(20-21-23)18(25)7-9-22(11-18)17(24)14-4-3-5-15-13(14)6-8-19-15/h3-6,8,10,12,19,25H,7,9,11H2,1-2H3/t18-/m0/s1. The van der Waals surface area contributed by atoms with Crippen molar-refractivity contribution in [3.05, 3.63) is 47.9 Å². The van der Waals surface area contributed by atoms with Crippen molar-refractivity contribution in [2.45, 2.75) is 31.9 Å². The molecule has 2 N–H and O–H groups in total. The largest absolute Gasteiger partial charge is 0.381 e. The maximum absolute atomic E-state index is 13.0. The number of hydrogen-bond donors (Lipinski definition) is 2. The van der Waals surface area contributed by atoms with Gasteiger partial charge in [-0.1, -0.05) is 11.3 Å². The third kappa shape index (κ3) is 2.60. The first-order valence-electron chi connectivity index (χ1n) is 8.48. The molecule has 1 amide bonds. The number of benzene rings is 1. The van der Waals surface area contributed by atoms with Crippen molar-refractivity contribution in [1.82, 2.24) is 24.9 Å². The van der Waals surface area contributed by atoms with Crippen LogP contribution in [0.25, 0.3) is 10.9 Å². The fourth-order valence-electron chi connectivity index (χ4n) is 3.36. The first-order chi connectivity index (χ1) is 12.0. The molecule has 25 heavy (non-hydrogen) atoms. The van der Waals surface area contributed by atoms with E-state index in [1.54, 1.807) is 15.8 Å². The zero-order valence-electron chi connectivity index (χ0n) is 14.3. The van der Waals surface area contributed by atoms with E-state index in [1.807, 2.05) is 44.3 Å². The smallest absolute Gasteiger partial charge is 0.254 e. The average Bonchev–Trinajstić information content (AvgIpc) is 3.32. The molecule has 3 heterocycles. The Kier molecular flexibility index (Phi) is 3.61. The summed E-state index contributed by atoms with van der Waals surface area (Å²) in [7, 11) is 0. The highest BCUT2D eigenvalue weighted by molar-refractivity contribution is 6.06. The number of carbonyl (C=O) groups excluding carboxylic acids is 1. The van der Waals surface area contributed by atoms with Gasteiger partial charge in [-0.2, -0.15) is 0 Å². The van der Waals surface area contributed by atoms with Crippen LogP contribution in [0, 0.1) is 0 Å². The molecule has 1 aliphatic rings. The van der Waals surface area contributed by atoms with Crippen molar-refractivity contribution in [1.29, 1.82) is 0 Å². The van der Waals surface area contributed by atoms with Gasteiger partial charge in [-0.3, -0.25) is 4.79 Å². The molecule has 0 saturated carbocycles. The number of β-amino-alcohol motifs (C(OH)–C–C–N with tert-alkyl or cyclic N) is 1. The number of amides is 1. The molecule has 0 aliphatic carbocycles. The normalized spacial score (nSPS) is 20.7. The van der Waals surface area contributed by atoms with Crippen molar-refractivity contribution in [3.8, 4) is 0 Å². The Labute approximate surface area is 145 Å². The fourth-order valence-corrected chi connectivity index (χ4v) is 3.36. The first kappa shape index (κ1) is 15.8. The summed E-state index contributed by atoms with van der Waals surface area (Å²) in [6, 6.07) is 7.71. The Bertz CT molecular complexity index is 928. The topological polar surface area (TPSA) is 87.0 Å². The van der Waals surface area contributed by atoms with Crippen LogP contribution in [0.3, 0.4) is 0 Å². The highest BCUT2D eigenvalue weighted by Gasteiger charge is 2.42. The van der Waals surface area contributed by atoms with Gasteiger partial charge < -0.3 is 15.0 Å². The number of rotatable bonds is 3. The van der Waals surface area contributed by atoms with Gasteiger partial charge in [0.05, 0.1) is 12.7 Å². The Morgan fingerprint density at radius 3 is 2.96 bits per heavy atom. The molecule has 0 spiro atoms. The summed E-state index contributed by atoms with van der Waals surface area (Å²) in [5.41, 5.74) is 0.958. The molecule has 2 aromatic heterocycles. The lowest BCUT2D eigenvalue weighted by Crippen LogP contribution is -2.34. The van der Waals surface area contributed by atoms with Crippen LogP contribution >= 0.6 is 0 Å². The van der Waals surface area contributed by atoms with Crippen molar-refractivity contribution < 1.29 is 9.90 Å². The molecule has 0 unspecified atom stereocenters. The van der Waals surface area contributed by atoms with E-state index >= 15 is 0 Å². The molecule has 1 aromatic carbocycles. The van der Waals surface area contributed by atoms with E-state index in [0.717, 1.165) is 10.9 Å². The minimum atomic E-state index is -1.14. The van der Waals surface area contributed by atoms with E-state index in [0.29, 0.717) is 24.2 Å². The maximum atomic E-state index is 13.0. The second-order valence-electron chi connectivity index (χ2n) is 6.93. The Morgan fingerprint density at radius 1 is 1.36 bits per heavy atom. The summed E-state index contributed by atoms with van der Waals surface area (Å²) in [6.07, 6.45) is 4.05. The van der Waals surface area contributed by atoms with Gasteiger partial charge in [0.25, 0.3) is 5.91 Å². The molecule has 130 valence electrons. The van der Waals surface area contributed by atoms with E-state index in [-0.39, 0.29) is 18.5 Å². The van der Waals surface area contributed by atoms with Gasteiger partial charge in [-0.15, -0.1) is 5.10 Å². The Morgan fingerprint density at radius 2 is 2.20 bits per heavy atom. The van der Waals surface area contributed by atoms with Crippen LogP contribution in [0.2, 0.25) is 0 Å². The van der Waals surface area contributed by atoms with Gasteiger partial charge >= 0.3 is 0 Å². The lowest BCUT2D eigenvalue weighted by molar-refractivity contribution is 0.0382. The third-order valence-electron chi connectivity index (χ3n) is 4.88. The number of H-pyrrole nitrogens is 1. The van der Waals surface area contributed by atoms with Crippen LogP contribution in [0.5, 0.6) is 0 Å². The second-order valence-corrected chi connectivity index (χ2v) is 6.93. The number of nitrogens with one attached hydrogen (secondary N) is 1. The SMILES string of the molecule is CC(C)n1cc([C@]2(O)CCN(C(=O)c3cccc4[nH]ccc34)C2)nn1. The van der Waals surface area contributed by atoms with Gasteiger partial charge in [0.1, 0.15) is 11.3 Å². The summed E-state index contributed by atoms with van der Waals surface area (Å²) in [4.78, 5) is 17.8. The molecular formula is C18H21N5O2. The highest BCUT2D eigenvalue weighted by atomic mass is 16.3. The van der Waals surface area contributed by atoms with Crippen LogP contribution in [-0.4, -0.2) is 49.0 Å². The number of nitrogens with zero attached hydrogens (tertiary/aromatic N) is 4. The minimum Gasteiger partial charge on any atom is -0.381 e. The lowest BCUT2D eigenvalue weighted by Gasteiger charge is -2.21. The lowest BCUT2D eigenvalue weighted by atomic mass is 10.00. The Balaban J connectivity index is 1.59. The van der Waals surface area contributed by atoms with Crippen molar-refractivity contribution in [2.75, 3.05) is 13.1 Å². The second kappa shape index (κ2) is 5.70. The highest BCUT2D eigenvalue weighted by Crippen LogP contribution is 2.32. The summed E-state index contributed by atoms with van der Waals surface area (Å²) in [6.45, 7) is 4.73. The molecule has 7 heteroatoms. The van der Waals surface area contributed by atoms with Gasteiger partial charge in [0.2, 0.25) is 0 Å². The number of aromatic amines is 1. The van der Waals surface area contributed by atoms with E-state index in [2.05, 4.69) is 15.3 Å². The van der Waals surface area contributed by atoms with E-state index in [1.165, 1.54) is 0 Å². The molecule has 4 rings (SSSR count). The summed E-state index contributed by atoms with van der Waals surface area (Å²) in [5.74, 6) is -0.0719. The molecule has 0 radical (unpaired) electrons. The number of hydrogen-bond acceptors (Lipinski definition) is 4. The number of fused-ring (bicyclic) bond motifs is 1. The number of likely N-dealkylation sites (tertiary alicyclic amines) is 1. The Hall–Kier alpha value is -2.67. The van der Waals surface area contributed by atoms with Crippen LogP contribution in [0.1, 0.15) is 42.4 Å². The van der Waals surface area contributed by atoms with Gasteiger partial charge in [-0.05, 0) is 32.0 Å². The summed E-state index contributed by atoms with van der Waals surface area (Å²) in [5, 5.41) is 20.1. The zero-order chi connectivity index (χ0) is 17.6. The monoisotopic (exact) mass is 339 g/mol.